The summed E-state index contributed by atoms with van der Waals surface area (Å²) in [6, 6.07) is 9.25. The number of halogens is 3. The lowest BCUT2D eigenvalue weighted by Crippen LogP contribution is -2.18. The van der Waals surface area contributed by atoms with Gasteiger partial charge >= 0.3 is 0 Å². The third-order valence-electron chi connectivity index (χ3n) is 2.79. The highest BCUT2D eigenvalue weighted by atomic mass is 35.5. The summed E-state index contributed by atoms with van der Waals surface area (Å²) < 4.78 is 26.6. The smallest absolute Gasteiger partial charge is 0.151 e. The number of nitrogens with two attached hydrogens (primary N) is 1. The number of nitrogen functional groups attached to an aromatic ring is 1. The van der Waals surface area contributed by atoms with E-state index in [1.165, 1.54) is 6.07 Å². The molecule has 0 heterocycles. The Morgan fingerprint density at radius 2 is 1.95 bits per heavy atom. The van der Waals surface area contributed by atoms with Crippen LogP contribution in [0.3, 0.4) is 0 Å². The molecule has 0 amide bonds. The van der Waals surface area contributed by atoms with E-state index in [1.54, 1.807) is 24.1 Å². The second kappa shape index (κ2) is 5.45. The number of anilines is 2. The van der Waals surface area contributed by atoms with Gasteiger partial charge in [-0.1, -0.05) is 23.7 Å². The van der Waals surface area contributed by atoms with Crippen molar-refractivity contribution >= 4 is 23.0 Å². The number of hydrogen-bond acceptors (Lipinski definition) is 2. The Kier molecular flexibility index (Phi) is 3.90. The maximum absolute atomic E-state index is 13.4. The molecule has 2 N–H and O–H groups in total. The second-order valence-corrected chi connectivity index (χ2v) is 4.74. The molecule has 5 heteroatoms. The molecular formula is C14H13ClF2N2. The van der Waals surface area contributed by atoms with Gasteiger partial charge in [-0.2, -0.15) is 0 Å². The summed E-state index contributed by atoms with van der Waals surface area (Å²) in [4.78, 5) is 1.67. The third kappa shape index (κ3) is 3.15. The Labute approximate surface area is 115 Å². The molecular weight excluding hydrogens is 270 g/mol. The molecule has 2 aromatic carbocycles. The Bertz CT molecular complexity index is 602. The topological polar surface area (TPSA) is 29.3 Å². The standard InChI is InChI=1S/C14H13ClF2N2/c1-19(8-9-3-2-4-10(15)5-9)13-7-11(16)6-12(17)14(13)18/h2-7H,8,18H2,1H3. The van der Waals surface area contributed by atoms with Gasteiger partial charge in [0.05, 0.1) is 11.4 Å². The Hall–Kier alpha value is -1.81. The van der Waals surface area contributed by atoms with Gasteiger partial charge in [0.25, 0.3) is 0 Å². The lowest BCUT2D eigenvalue weighted by molar-refractivity contribution is 0.585. The molecule has 2 rings (SSSR count). The molecule has 0 aromatic heterocycles. The first-order valence-corrected chi connectivity index (χ1v) is 6.05. The summed E-state index contributed by atoms with van der Waals surface area (Å²) in [6.45, 7) is 0.452. The molecule has 0 radical (unpaired) electrons. The minimum atomic E-state index is -0.757. The molecule has 0 spiro atoms. The Morgan fingerprint density at radius 1 is 1.21 bits per heavy atom. The fourth-order valence-corrected chi connectivity index (χ4v) is 2.09. The zero-order valence-corrected chi connectivity index (χ0v) is 11.1. The van der Waals surface area contributed by atoms with Gasteiger partial charge in [0, 0.05) is 24.7 Å². The van der Waals surface area contributed by atoms with Gasteiger partial charge in [-0.15, -0.1) is 0 Å². The quantitative estimate of drug-likeness (QED) is 0.867. The Balaban J connectivity index is 2.27. The molecule has 0 unspecified atom stereocenters. The second-order valence-electron chi connectivity index (χ2n) is 4.31. The molecule has 0 saturated heterocycles. The largest absolute Gasteiger partial charge is 0.395 e. The maximum atomic E-state index is 13.4. The van der Waals surface area contributed by atoms with Gasteiger partial charge in [-0.05, 0) is 23.8 Å². The fourth-order valence-electron chi connectivity index (χ4n) is 1.88. The summed E-state index contributed by atoms with van der Waals surface area (Å²) in [5, 5.41) is 0.615. The number of rotatable bonds is 3. The van der Waals surface area contributed by atoms with Crippen molar-refractivity contribution < 1.29 is 8.78 Å². The summed E-state index contributed by atoms with van der Waals surface area (Å²) in [5.74, 6) is -1.41. The van der Waals surface area contributed by atoms with Crippen LogP contribution in [0.1, 0.15) is 5.56 Å². The maximum Gasteiger partial charge on any atom is 0.151 e. The van der Waals surface area contributed by atoms with Gasteiger partial charge < -0.3 is 10.6 Å². The molecule has 0 saturated carbocycles. The van der Waals surface area contributed by atoms with Crippen molar-refractivity contribution in [3.8, 4) is 0 Å². The average molecular weight is 283 g/mol. The van der Waals surface area contributed by atoms with E-state index < -0.39 is 11.6 Å². The minimum Gasteiger partial charge on any atom is -0.395 e. The number of benzene rings is 2. The first-order chi connectivity index (χ1) is 8.97. The molecule has 0 fully saturated rings. The summed E-state index contributed by atoms with van der Waals surface area (Å²) in [7, 11) is 1.71. The highest BCUT2D eigenvalue weighted by Crippen LogP contribution is 2.27. The van der Waals surface area contributed by atoms with Crippen molar-refractivity contribution in [1.29, 1.82) is 0 Å². The number of nitrogens with zero attached hydrogens (tertiary/aromatic N) is 1. The van der Waals surface area contributed by atoms with Crippen LogP contribution in [-0.4, -0.2) is 7.05 Å². The van der Waals surface area contributed by atoms with Crippen molar-refractivity contribution in [2.24, 2.45) is 0 Å². The molecule has 0 bridgehead atoms. The Morgan fingerprint density at radius 3 is 2.63 bits per heavy atom. The van der Waals surface area contributed by atoms with Crippen LogP contribution in [0.25, 0.3) is 0 Å². The highest BCUT2D eigenvalue weighted by Gasteiger charge is 2.12. The average Bonchev–Trinajstić information content (AvgIpc) is 2.33. The van der Waals surface area contributed by atoms with Crippen LogP contribution in [0, 0.1) is 11.6 Å². The molecule has 0 aliphatic heterocycles. The van der Waals surface area contributed by atoms with Crippen molar-refractivity contribution in [3.05, 3.63) is 58.6 Å². The lowest BCUT2D eigenvalue weighted by atomic mass is 10.2. The molecule has 2 nitrogen and oxygen atoms in total. The zero-order chi connectivity index (χ0) is 14.0. The van der Waals surface area contributed by atoms with E-state index in [0.717, 1.165) is 11.6 Å². The molecule has 19 heavy (non-hydrogen) atoms. The van der Waals surface area contributed by atoms with Crippen LogP contribution in [-0.2, 0) is 6.54 Å². The van der Waals surface area contributed by atoms with Gasteiger partial charge in [0.15, 0.2) is 5.82 Å². The van der Waals surface area contributed by atoms with E-state index in [4.69, 9.17) is 17.3 Å². The lowest BCUT2D eigenvalue weighted by Gasteiger charge is -2.21. The minimum absolute atomic E-state index is 0.0640. The van der Waals surface area contributed by atoms with E-state index in [9.17, 15) is 8.78 Å². The molecule has 0 aliphatic rings. The van der Waals surface area contributed by atoms with E-state index in [-0.39, 0.29) is 5.69 Å². The normalized spacial score (nSPS) is 10.5. The first kappa shape index (κ1) is 13.6. The zero-order valence-electron chi connectivity index (χ0n) is 10.3. The van der Waals surface area contributed by atoms with Crippen molar-refractivity contribution in [1.82, 2.24) is 0 Å². The van der Waals surface area contributed by atoms with Gasteiger partial charge in [-0.3, -0.25) is 0 Å². The molecule has 0 atom stereocenters. The van der Waals surface area contributed by atoms with Crippen LogP contribution in [0.4, 0.5) is 20.2 Å². The summed E-state index contributed by atoms with van der Waals surface area (Å²) in [5.41, 5.74) is 6.81. The summed E-state index contributed by atoms with van der Waals surface area (Å²) in [6.07, 6.45) is 0. The van der Waals surface area contributed by atoms with Crippen LogP contribution in [0.15, 0.2) is 36.4 Å². The predicted octanol–water partition coefficient (Wildman–Crippen LogP) is 3.84. The van der Waals surface area contributed by atoms with E-state index >= 15 is 0 Å². The first-order valence-electron chi connectivity index (χ1n) is 5.67. The van der Waals surface area contributed by atoms with Gasteiger partial charge in [0.1, 0.15) is 5.82 Å². The van der Waals surface area contributed by atoms with Crippen LogP contribution < -0.4 is 10.6 Å². The van der Waals surface area contributed by atoms with Gasteiger partial charge in [0.2, 0.25) is 0 Å². The molecule has 0 aliphatic carbocycles. The van der Waals surface area contributed by atoms with Gasteiger partial charge in [-0.25, -0.2) is 8.78 Å². The van der Waals surface area contributed by atoms with Crippen molar-refractivity contribution in [2.45, 2.75) is 6.54 Å². The van der Waals surface area contributed by atoms with E-state index in [1.807, 2.05) is 12.1 Å². The van der Waals surface area contributed by atoms with Crippen molar-refractivity contribution in [2.75, 3.05) is 17.7 Å². The third-order valence-corrected chi connectivity index (χ3v) is 3.03. The predicted molar refractivity (Wildman–Crippen MR) is 74.3 cm³/mol. The monoisotopic (exact) mass is 282 g/mol. The van der Waals surface area contributed by atoms with Crippen LogP contribution >= 0.6 is 11.6 Å². The van der Waals surface area contributed by atoms with Crippen molar-refractivity contribution in [3.63, 3.8) is 0 Å². The van der Waals surface area contributed by atoms with Crippen LogP contribution in [0.5, 0.6) is 0 Å². The van der Waals surface area contributed by atoms with E-state index in [0.29, 0.717) is 17.3 Å². The highest BCUT2D eigenvalue weighted by molar-refractivity contribution is 6.30. The van der Waals surface area contributed by atoms with Crippen LogP contribution in [0.2, 0.25) is 5.02 Å². The van der Waals surface area contributed by atoms with E-state index in [2.05, 4.69) is 0 Å². The SMILES string of the molecule is CN(Cc1cccc(Cl)c1)c1cc(F)cc(F)c1N. The number of hydrogen-bond donors (Lipinski definition) is 1. The fraction of sp³-hybridized carbons (Fsp3) is 0.143. The molecule has 2 aromatic rings. The summed E-state index contributed by atoms with van der Waals surface area (Å²) >= 11 is 5.89. The molecule has 100 valence electrons.